The minimum atomic E-state index is -4.12. The van der Waals surface area contributed by atoms with E-state index in [0.29, 0.717) is 0 Å². The Morgan fingerprint density at radius 1 is 1.44 bits per heavy atom. The van der Waals surface area contributed by atoms with Gasteiger partial charge in [-0.15, -0.1) is 0 Å². The normalized spacial score (nSPS) is 11.2. The first-order valence-electron chi connectivity index (χ1n) is 4.89. The molecule has 1 rings (SSSR count). The van der Waals surface area contributed by atoms with Gasteiger partial charge in [0, 0.05) is 23.2 Å². The molecule has 0 saturated carbocycles. The molecular weight excluding hydrogens is 287 g/mol. The van der Waals surface area contributed by atoms with Gasteiger partial charge in [-0.25, -0.2) is 12.8 Å². The first kappa shape index (κ1) is 14.7. The predicted molar refractivity (Wildman–Crippen MR) is 61.8 cm³/mol. The minimum absolute atomic E-state index is 0.0589. The summed E-state index contributed by atoms with van der Waals surface area (Å²) in [4.78, 5) is 9.60. The number of carbonyl (C=O) groups is 1. The van der Waals surface area contributed by atoms with Gasteiger partial charge in [-0.3, -0.25) is 4.79 Å². The summed E-state index contributed by atoms with van der Waals surface area (Å²) in [5, 5.41) is 8.38. The van der Waals surface area contributed by atoms with Gasteiger partial charge in [0.1, 0.15) is 16.5 Å². The molecule has 0 unspecified atom stereocenters. The van der Waals surface area contributed by atoms with Crippen LogP contribution in [-0.4, -0.2) is 26.1 Å². The molecule has 1 N–H and O–H groups in total. The Morgan fingerprint density at radius 2 is 2.11 bits per heavy atom. The summed E-state index contributed by atoms with van der Waals surface area (Å²) in [5.41, 5.74) is 0. The van der Waals surface area contributed by atoms with Crippen LogP contribution in [0.25, 0.3) is 0 Å². The van der Waals surface area contributed by atoms with E-state index in [2.05, 4.69) is 0 Å². The summed E-state index contributed by atoms with van der Waals surface area (Å²) >= 11 is 0. The molecular formula is C10H10ClFO5S. The number of hydrogen-bond donors (Lipinski definition) is 1. The summed E-state index contributed by atoms with van der Waals surface area (Å²) in [6.07, 6.45) is 0.211. The summed E-state index contributed by atoms with van der Waals surface area (Å²) in [5.74, 6) is -1.85. The van der Waals surface area contributed by atoms with Crippen molar-refractivity contribution in [3.05, 3.63) is 24.0 Å². The fourth-order valence-corrected chi connectivity index (χ4v) is 2.08. The smallest absolute Gasteiger partial charge is 0.303 e. The third-order valence-corrected chi connectivity index (χ3v) is 3.32. The third kappa shape index (κ3) is 4.50. The lowest BCUT2D eigenvalue weighted by atomic mass is 10.3. The van der Waals surface area contributed by atoms with Crippen molar-refractivity contribution < 1.29 is 27.4 Å². The predicted octanol–water partition coefficient (Wildman–Crippen LogP) is 2.00. The average molecular weight is 297 g/mol. The molecule has 1 aromatic rings. The van der Waals surface area contributed by atoms with E-state index in [1.165, 1.54) is 6.07 Å². The Kier molecular flexibility index (Phi) is 4.92. The molecule has 1 aromatic carbocycles. The monoisotopic (exact) mass is 296 g/mol. The van der Waals surface area contributed by atoms with Gasteiger partial charge in [0.2, 0.25) is 0 Å². The molecule has 0 atom stereocenters. The highest BCUT2D eigenvalue weighted by atomic mass is 35.7. The number of ether oxygens (including phenoxy) is 1. The second-order valence-electron chi connectivity index (χ2n) is 3.38. The fourth-order valence-electron chi connectivity index (χ4n) is 1.18. The molecule has 0 radical (unpaired) electrons. The van der Waals surface area contributed by atoms with Gasteiger partial charge >= 0.3 is 5.97 Å². The van der Waals surface area contributed by atoms with Crippen LogP contribution in [0.2, 0.25) is 0 Å². The van der Waals surface area contributed by atoms with Gasteiger partial charge in [-0.05, 0) is 18.6 Å². The maximum atomic E-state index is 13.3. The van der Waals surface area contributed by atoms with Crippen molar-refractivity contribution in [2.75, 3.05) is 6.61 Å². The lowest BCUT2D eigenvalue weighted by Gasteiger charge is -2.06. The topological polar surface area (TPSA) is 80.7 Å². The van der Waals surface area contributed by atoms with Crippen molar-refractivity contribution in [3.8, 4) is 5.75 Å². The summed E-state index contributed by atoms with van der Waals surface area (Å²) < 4.78 is 40.2. The standard InChI is InChI=1S/C10H10ClFO5S/c11-18(15,16)9-4-3-7(6-8(9)12)17-5-1-2-10(13)14/h3-4,6H,1-2,5H2,(H,13,14). The van der Waals surface area contributed by atoms with E-state index in [0.717, 1.165) is 12.1 Å². The maximum absolute atomic E-state index is 13.3. The van der Waals surface area contributed by atoms with Crippen LogP contribution in [0, 0.1) is 5.82 Å². The summed E-state index contributed by atoms with van der Waals surface area (Å²) in [6.45, 7) is 0.0959. The third-order valence-electron chi connectivity index (χ3n) is 1.97. The zero-order chi connectivity index (χ0) is 13.8. The molecule has 0 saturated heterocycles. The number of hydrogen-bond acceptors (Lipinski definition) is 4. The fraction of sp³-hybridized carbons (Fsp3) is 0.300. The number of aliphatic carboxylic acids is 1. The Hall–Kier alpha value is -1.34. The van der Waals surface area contributed by atoms with E-state index in [1.54, 1.807) is 0 Å². The second-order valence-corrected chi connectivity index (χ2v) is 5.91. The molecule has 0 amide bonds. The lowest BCUT2D eigenvalue weighted by Crippen LogP contribution is -2.03. The average Bonchev–Trinajstić information content (AvgIpc) is 2.22. The summed E-state index contributed by atoms with van der Waals surface area (Å²) in [7, 11) is 0.881. The van der Waals surface area contributed by atoms with Crippen LogP contribution in [0.15, 0.2) is 23.1 Å². The van der Waals surface area contributed by atoms with Crippen LogP contribution >= 0.6 is 10.7 Å². The Labute approximate surface area is 108 Å². The molecule has 0 fully saturated rings. The van der Waals surface area contributed by atoms with E-state index in [4.69, 9.17) is 20.5 Å². The van der Waals surface area contributed by atoms with Gasteiger partial charge in [0.25, 0.3) is 9.05 Å². The molecule has 0 heterocycles. The zero-order valence-electron chi connectivity index (χ0n) is 9.10. The number of benzene rings is 1. The molecule has 5 nitrogen and oxygen atoms in total. The maximum Gasteiger partial charge on any atom is 0.303 e. The van der Waals surface area contributed by atoms with E-state index in [-0.39, 0.29) is 25.2 Å². The van der Waals surface area contributed by atoms with Gasteiger partial charge in [-0.1, -0.05) is 0 Å². The number of rotatable bonds is 6. The van der Waals surface area contributed by atoms with E-state index >= 15 is 0 Å². The highest BCUT2D eigenvalue weighted by Gasteiger charge is 2.16. The molecule has 18 heavy (non-hydrogen) atoms. The molecule has 0 bridgehead atoms. The van der Waals surface area contributed by atoms with Crippen molar-refractivity contribution in [2.24, 2.45) is 0 Å². The van der Waals surface area contributed by atoms with Crippen molar-refractivity contribution in [3.63, 3.8) is 0 Å². The molecule has 0 aromatic heterocycles. The molecule has 0 spiro atoms. The Bertz CT molecular complexity index is 543. The number of halogens is 2. The van der Waals surface area contributed by atoms with Crippen molar-refractivity contribution >= 4 is 25.7 Å². The van der Waals surface area contributed by atoms with E-state index < -0.39 is 25.7 Å². The minimum Gasteiger partial charge on any atom is -0.493 e. The van der Waals surface area contributed by atoms with E-state index in [9.17, 15) is 17.6 Å². The number of carboxylic acids is 1. The molecule has 0 aliphatic rings. The van der Waals surface area contributed by atoms with Gasteiger partial charge in [0.05, 0.1) is 6.61 Å². The Morgan fingerprint density at radius 3 is 2.61 bits per heavy atom. The highest BCUT2D eigenvalue weighted by Crippen LogP contribution is 2.23. The quantitative estimate of drug-likeness (QED) is 0.641. The molecule has 100 valence electrons. The first-order chi connectivity index (χ1) is 8.30. The van der Waals surface area contributed by atoms with Crippen molar-refractivity contribution in [1.82, 2.24) is 0 Å². The lowest BCUT2D eigenvalue weighted by molar-refractivity contribution is -0.137. The van der Waals surface area contributed by atoms with Crippen LogP contribution < -0.4 is 4.74 Å². The SMILES string of the molecule is O=C(O)CCCOc1ccc(S(=O)(=O)Cl)c(F)c1. The van der Waals surface area contributed by atoms with Crippen molar-refractivity contribution in [1.29, 1.82) is 0 Å². The van der Waals surface area contributed by atoms with E-state index in [1.807, 2.05) is 0 Å². The van der Waals surface area contributed by atoms with Gasteiger partial charge < -0.3 is 9.84 Å². The number of carboxylic acid groups (broad SMARTS) is 1. The molecule has 0 aliphatic carbocycles. The molecule has 0 aliphatic heterocycles. The summed E-state index contributed by atoms with van der Waals surface area (Å²) in [6, 6.07) is 3.12. The van der Waals surface area contributed by atoms with Crippen LogP contribution in [0.3, 0.4) is 0 Å². The van der Waals surface area contributed by atoms with Crippen LogP contribution in [0.1, 0.15) is 12.8 Å². The van der Waals surface area contributed by atoms with Crippen LogP contribution in [0.5, 0.6) is 5.75 Å². The largest absolute Gasteiger partial charge is 0.493 e. The first-order valence-corrected chi connectivity index (χ1v) is 7.20. The highest BCUT2D eigenvalue weighted by molar-refractivity contribution is 8.13. The van der Waals surface area contributed by atoms with Crippen LogP contribution in [-0.2, 0) is 13.8 Å². The molecule has 8 heteroatoms. The zero-order valence-corrected chi connectivity index (χ0v) is 10.7. The van der Waals surface area contributed by atoms with Gasteiger partial charge in [0.15, 0.2) is 0 Å². The van der Waals surface area contributed by atoms with Gasteiger partial charge in [-0.2, -0.15) is 0 Å². The van der Waals surface area contributed by atoms with Crippen molar-refractivity contribution in [2.45, 2.75) is 17.7 Å². The second kappa shape index (κ2) is 6.01. The van der Waals surface area contributed by atoms with Crippen LogP contribution in [0.4, 0.5) is 4.39 Å². The Balaban J connectivity index is 2.65.